The molecule has 98 valence electrons. The number of hydrogen-bond donors (Lipinski definition) is 3. The van der Waals surface area contributed by atoms with Crippen LogP contribution in [0.25, 0.3) is 0 Å². The van der Waals surface area contributed by atoms with Crippen LogP contribution in [0.5, 0.6) is 0 Å². The number of rotatable bonds is 3. The van der Waals surface area contributed by atoms with Crippen LogP contribution in [-0.4, -0.2) is 11.1 Å². The third-order valence-electron chi connectivity index (χ3n) is 2.67. The summed E-state index contributed by atoms with van der Waals surface area (Å²) in [6.45, 7) is 1.98. The summed E-state index contributed by atoms with van der Waals surface area (Å²) in [7, 11) is 0. The maximum absolute atomic E-state index is 11.2. The lowest BCUT2D eigenvalue weighted by Crippen LogP contribution is -2.04. The Hall–Kier alpha value is -2.01. The van der Waals surface area contributed by atoms with Crippen molar-refractivity contribution in [3.63, 3.8) is 0 Å². The molecule has 0 aliphatic carbocycles. The number of anilines is 3. The van der Waals surface area contributed by atoms with Gasteiger partial charge in [0, 0.05) is 10.2 Å². The lowest BCUT2D eigenvalue weighted by Gasteiger charge is -2.12. The van der Waals surface area contributed by atoms with Gasteiger partial charge in [-0.3, -0.25) is 0 Å². The second-order valence-electron chi connectivity index (χ2n) is 4.22. The Balaban J connectivity index is 2.42. The Labute approximate surface area is 119 Å². The van der Waals surface area contributed by atoms with Gasteiger partial charge < -0.3 is 16.2 Å². The zero-order valence-electron chi connectivity index (χ0n) is 10.3. The van der Waals surface area contributed by atoms with Crippen molar-refractivity contribution in [2.24, 2.45) is 0 Å². The molecule has 0 spiro atoms. The monoisotopic (exact) mass is 320 g/mol. The fourth-order valence-corrected chi connectivity index (χ4v) is 2.31. The molecule has 5 heteroatoms. The van der Waals surface area contributed by atoms with E-state index in [-0.39, 0.29) is 5.56 Å². The molecule has 0 saturated heterocycles. The zero-order chi connectivity index (χ0) is 14.0. The Morgan fingerprint density at radius 2 is 1.95 bits per heavy atom. The minimum atomic E-state index is -0.995. The van der Waals surface area contributed by atoms with Crippen LogP contribution in [0.3, 0.4) is 0 Å². The topological polar surface area (TPSA) is 75.3 Å². The molecule has 0 aromatic heterocycles. The number of aryl methyl sites for hydroxylation is 1. The normalized spacial score (nSPS) is 10.2. The minimum absolute atomic E-state index is 0.182. The number of hydrogen-bond acceptors (Lipinski definition) is 3. The van der Waals surface area contributed by atoms with E-state index in [1.54, 1.807) is 12.1 Å². The summed E-state index contributed by atoms with van der Waals surface area (Å²) in [5, 5.41) is 12.2. The van der Waals surface area contributed by atoms with E-state index in [1.165, 1.54) is 6.07 Å². The number of benzene rings is 2. The first kappa shape index (κ1) is 13.4. The molecule has 0 bridgehead atoms. The maximum atomic E-state index is 11.2. The molecule has 0 amide bonds. The average molecular weight is 321 g/mol. The van der Waals surface area contributed by atoms with Crippen LogP contribution in [0.4, 0.5) is 17.1 Å². The molecule has 0 radical (unpaired) electrons. The summed E-state index contributed by atoms with van der Waals surface area (Å²) < 4.78 is 0.867. The quantitative estimate of drug-likeness (QED) is 0.752. The molecule has 0 atom stereocenters. The highest BCUT2D eigenvalue weighted by Gasteiger charge is 2.11. The summed E-state index contributed by atoms with van der Waals surface area (Å²) in [5.74, 6) is -0.995. The molecular weight excluding hydrogens is 308 g/mol. The van der Waals surface area contributed by atoms with E-state index in [0.717, 1.165) is 15.7 Å². The van der Waals surface area contributed by atoms with Gasteiger partial charge >= 0.3 is 5.97 Å². The van der Waals surface area contributed by atoms with Crippen LogP contribution in [-0.2, 0) is 0 Å². The Kier molecular flexibility index (Phi) is 3.76. The third-order valence-corrected chi connectivity index (χ3v) is 3.32. The van der Waals surface area contributed by atoms with Gasteiger partial charge in [-0.2, -0.15) is 0 Å². The molecule has 2 aromatic rings. The molecule has 2 rings (SSSR count). The molecule has 4 N–H and O–H groups in total. The Morgan fingerprint density at radius 3 is 2.58 bits per heavy atom. The predicted octanol–water partition coefficient (Wildman–Crippen LogP) is 3.78. The fraction of sp³-hybridized carbons (Fsp3) is 0.0714. The molecule has 4 nitrogen and oxygen atoms in total. The van der Waals surface area contributed by atoms with Crippen molar-refractivity contribution in [2.75, 3.05) is 11.1 Å². The van der Waals surface area contributed by atoms with Gasteiger partial charge in [0.2, 0.25) is 0 Å². The van der Waals surface area contributed by atoms with Gasteiger partial charge in [0.15, 0.2) is 0 Å². The highest BCUT2D eigenvalue weighted by atomic mass is 79.9. The Morgan fingerprint density at radius 1 is 1.21 bits per heavy atom. The van der Waals surface area contributed by atoms with E-state index >= 15 is 0 Å². The van der Waals surface area contributed by atoms with Gasteiger partial charge in [0.25, 0.3) is 0 Å². The third kappa shape index (κ3) is 3.06. The van der Waals surface area contributed by atoms with Gasteiger partial charge in [-0.25, -0.2) is 4.79 Å². The van der Waals surface area contributed by atoms with E-state index in [9.17, 15) is 4.79 Å². The molecule has 0 aliphatic heterocycles. The van der Waals surface area contributed by atoms with Crippen molar-refractivity contribution in [3.05, 3.63) is 52.0 Å². The van der Waals surface area contributed by atoms with Gasteiger partial charge in [-0.05, 0) is 58.7 Å². The number of carboxylic acids is 1. The van der Waals surface area contributed by atoms with Crippen molar-refractivity contribution in [3.8, 4) is 0 Å². The second-order valence-corrected chi connectivity index (χ2v) is 5.07. The summed E-state index contributed by atoms with van der Waals surface area (Å²) in [6, 6.07) is 10.4. The summed E-state index contributed by atoms with van der Waals surface area (Å²) in [6.07, 6.45) is 0. The van der Waals surface area contributed by atoms with Crippen LogP contribution in [0.2, 0.25) is 0 Å². The molecule has 0 fully saturated rings. The first-order valence-electron chi connectivity index (χ1n) is 5.63. The SMILES string of the molecule is Cc1ccc(Nc2cc(N)ccc2C(=O)O)c(Br)c1. The number of nitrogens with two attached hydrogens (primary N) is 1. The minimum Gasteiger partial charge on any atom is -0.478 e. The average Bonchev–Trinajstić information content (AvgIpc) is 2.32. The van der Waals surface area contributed by atoms with Crippen molar-refractivity contribution in [1.82, 2.24) is 0 Å². The summed E-state index contributed by atoms with van der Waals surface area (Å²) in [4.78, 5) is 11.2. The van der Waals surface area contributed by atoms with Crippen LogP contribution >= 0.6 is 15.9 Å². The predicted molar refractivity (Wildman–Crippen MR) is 80.0 cm³/mol. The van der Waals surface area contributed by atoms with Crippen LogP contribution in [0, 0.1) is 6.92 Å². The fourth-order valence-electron chi connectivity index (χ4n) is 1.72. The van der Waals surface area contributed by atoms with Crippen molar-refractivity contribution >= 4 is 39.0 Å². The molecule has 0 saturated carbocycles. The lowest BCUT2D eigenvalue weighted by molar-refractivity contribution is 0.0698. The smallest absolute Gasteiger partial charge is 0.337 e. The number of halogens is 1. The molecule has 2 aromatic carbocycles. The standard InChI is InChI=1S/C14H13BrN2O2/c1-8-2-5-12(11(15)6-8)17-13-7-9(16)3-4-10(13)14(18)19/h2-7,17H,16H2,1H3,(H,18,19). The zero-order valence-corrected chi connectivity index (χ0v) is 11.9. The molecule has 19 heavy (non-hydrogen) atoms. The van der Waals surface area contributed by atoms with E-state index in [0.29, 0.717) is 11.4 Å². The Bertz CT molecular complexity index is 641. The van der Waals surface area contributed by atoms with Crippen molar-refractivity contribution < 1.29 is 9.90 Å². The highest BCUT2D eigenvalue weighted by molar-refractivity contribution is 9.10. The van der Waals surface area contributed by atoms with Crippen LogP contribution < -0.4 is 11.1 Å². The summed E-state index contributed by atoms with van der Waals surface area (Å²) in [5.41, 5.74) is 8.77. The van der Waals surface area contributed by atoms with Crippen molar-refractivity contribution in [1.29, 1.82) is 0 Å². The first-order chi connectivity index (χ1) is 8.97. The molecule has 0 heterocycles. The van der Waals surface area contributed by atoms with E-state index in [4.69, 9.17) is 10.8 Å². The van der Waals surface area contributed by atoms with E-state index in [1.807, 2.05) is 25.1 Å². The molecule has 0 unspecified atom stereocenters. The van der Waals surface area contributed by atoms with E-state index < -0.39 is 5.97 Å². The van der Waals surface area contributed by atoms with Crippen molar-refractivity contribution in [2.45, 2.75) is 6.92 Å². The number of nitrogen functional groups attached to an aromatic ring is 1. The molecular formula is C14H13BrN2O2. The van der Waals surface area contributed by atoms with Gasteiger partial charge in [0.1, 0.15) is 0 Å². The number of carbonyl (C=O) groups is 1. The van der Waals surface area contributed by atoms with Crippen LogP contribution in [0.15, 0.2) is 40.9 Å². The summed E-state index contributed by atoms with van der Waals surface area (Å²) >= 11 is 3.44. The van der Waals surface area contributed by atoms with Gasteiger partial charge in [-0.15, -0.1) is 0 Å². The van der Waals surface area contributed by atoms with E-state index in [2.05, 4.69) is 21.2 Å². The lowest BCUT2D eigenvalue weighted by atomic mass is 10.1. The highest BCUT2D eigenvalue weighted by Crippen LogP contribution is 2.29. The molecule has 0 aliphatic rings. The first-order valence-corrected chi connectivity index (χ1v) is 6.42. The number of nitrogens with one attached hydrogen (secondary N) is 1. The largest absolute Gasteiger partial charge is 0.478 e. The number of carboxylic acid groups (broad SMARTS) is 1. The second kappa shape index (κ2) is 5.32. The van der Waals surface area contributed by atoms with Gasteiger partial charge in [0.05, 0.1) is 16.9 Å². The maximum Gasteiger partial charge on any atom is 0.337 e. The number of aromatic carboxylic acids is 1. The van der Waals surface area contributed by atoms with Gasteiger partial charge in [-0.1, -0.05) is 6.07 Å². The van der Waals surface area contributed by atoms with Crippen LogP contribution in [0.1, 0.15) is 15.9 Å².